The number of hydrogen-bond donors (Lipinski definition) is 2. The molecule has 1 amide bonds. The van der Waals surface area contributed by atoms with Crippen LogP contribution in [0.15, 0.2) is 47.7 Å². The lowest BCUT2D eigenvalue weighted by Crippen LogP contribution is -2.48. The summed E-state index contributed by atoms with van der Waals surface area (Å²) in [6, 6.07) is 10.5. The highest BCUT2D eigenvalue weighted by atomic mass is 127. The molecule has 1 fully saturated rings. The molecule has 1 aliphatic heterocycles. The lowest BCUT2D eigenvalue weighted by atomic mass is 10.1. The fraction of sp³-hybridized carbons (Fsp3) is 0.476. The third-order valence-electron chi connectivity index (χ3n) is 4.99. The van der Waals surface area contributed by atoms with Gasteiger partial charge in [-0.15, -0.1) is 24.0 Å². The molecule has 2 heterocycles. The van der Waals surface area contributed by atoms with Gasteiger partial charge in [-0.3, -0.25) is 4.99 Å². The fourth-order valence-corrected chi connectivity index (χ4v) is 3.44. The van der Waals surface area contributed by atoms with Crippen molar-refractivity contribution in [3.63, 3.8) is 0 Å². The number of nitrogens with zero attached hydrogens (tertiary/aromatic N) is 4. The van der Waals surface area contributed by atoms with Gasteiger partial charge in [0, 0.05) is 51.0 Å². The summed E-state index contributed by atoms with van der Waals surface area (Å²) in [6.45, 7) is 4.93. The summed E-state index contributed by atoms with van der Waals surface area (Å²) >= 11 is 0. The number of piperidine rings is 1. The van der Waals surface area contributed by atoms with Crippen molar-refractivity contribution in [2.45, 2.75) is 38.8 Å². The Morgan fingerprint density at radius 1 is 1.30 bits per heavy atom. The van der Waals surface area contributed by atoms with Gasteiger partial charge in [0.05, 0.1) is 6.61 Å². The molecule has 1 saturated heterocycles. The van der Waals surface area contributed by atoms with Crippen molar-refractivity contribution >= 4 is 36.0 Å². The molecular formula is C21H31IN6O2. The molecule has 8 nitrogen and oxygen atoms in total. The van der Waals surface area contributed by atoms with Crippen LogP contribution < -0.4 is 11.1 Å². The van der Waals surface area contributed by atoms with E-state index in [2.05, 4.69) is 32.0 Å². The van der Waals surface area contributed by atoms with E-state index >= 15 is 0 Å². The third-order valence-corrected chi connectivity index (χ3v) is 4.99. The summed E-state index contributed by atoms with van der Waals surface area (Å²) in [7, 11) is 0. The van der Waals surface area contributed by atoms with Crippen LogP contribution in [0.1, 0.15) is 31.2 Å². The Morgan fingerprint density at radius 3 is 2.73 bits per heavy atom. The minimum atomic E-state index is -0.237. The lowest BCUT2D eigenvalue weighted by Gasteiger charge is -2.31. The summed E-state index contributed by atoms with van der Waals surface area (Å²) in [4.78, 5) is 22.4. The SMILES string of the molecule is CCOC(=O)N1CCC(NC(N)=NCCc2nccn2Cc2ccccc2)CC1.I. The van der Waals surface area contributed by atoms with Crippen LogP contribution in [0.25, 0.3) is 0 Å². The molecule has 30 heavy (non-hydrogen) atoms. The lowest BCUT2D eigenvalue weighted by molar-refractivity contribution is 0.0963. The van der Waals surface area contributed by atoms with Gasteiger partial charge in [-0.05, 0) is 25.3 Å². The second kappa shape index (κ2) is 12.4. The predicted octanol–water partition coefficient (Wildman–Crippen LogP) is 2.62. The van der Waals surface area contributed by atoms with Crippen LogP contribution in [-0.2, 0) is 17.7 Å². The standard InChI is InChI=1S/C21H30N6O2.HI/c1-2-29-21(28)26-13-9-18(10-14-26)25-20(22)24-11-8-19-23-12-15-27(19)16-17-6-4-3-5-7-17;/h3-7,12,15,18H,2,8-11,13-14,16H2,1H3,(H3,22,24,25);1H. The van der Waals surface area contributed by atoms with Gasteiger partial charge in [-0.2, -0.15) is 0 Å². The normalized spacial score (nSPS) is 14.8. The number of halogens is 1. The topological polar surface area (TPSA) is 97.8 Å². The van der Waals surface area contributed by atoms with Crippen LogP contribution in [0, 0.1) is 0 Å². The zero-order valence-electron chi connectivity index (χ0n) is 17.4. The number of nitrogens with one attached hydrogen (secondary N) is 1. The summed E-state index contributed by atoms with van der Waals surface area (Å²) in [6.07, 6.45) is 5.96. The van der Waals surface area contributed by atoms with E-state index in [0.717, 1.165) is 31.6 Å². The summed E-state index contributed by atoms with van der Waals surface area (Å²) < 4.78 is 7.18. The van der Waals surface area contributed by atoms with Crippen molar-refractivity contribution in [1.29, 1.82) is 0 Å². The molecule has 0 saturated carbocycles. The quantitative estimate of drug-likeness (QED) is 0.329. The third kappa shape index (κ3) is 7.19. The average molecular weight is 526 g/mol. The van der Waals surface area contributed by atoms with Crippen LogP contribution in [0.3, 0.4) is 0 Å². The van der Waals surface area contributed by atoms with Crippen molar-refractivity contribution in [2.24, 2.45) is 10.7 Å². The van der Waals surface area contributed by atoms with E-state index in [0.29, 0.717) is 32.2 Å². The first-order valence-corrected chi connectivity index (χ1v) is 10.2. The Kier molecular flexibility index (Phi) is 9.92. The monoisotopic (exact) mass is 526 g/mol. The number of aliphatic imine (C=N–C) groups is 1. The molecule has 1 aromatic heterocycles. The number of amides is 1. The average Bonchev–Trinajstić information content (AvgIpc) is 3.16. The van der Waals surface area contributed by atoms with E-state index in [1.165, 1.54) is 5.56 Å². The van der Waals surface area contributed by atoms with Crippen LogP contribution in [-0.4, -0.2) is 58.8 Å². The van der Waals surface area contributed by atoms with Gasteiger partial charge in [0.15, 0.2) is 5.96 Å². The molecule has 3 N–H and O–H groups in total. The Morgan fingerprint density at radius 2 is 2.03 bits per heavy atom. The van der Waals surface area contributed by atoms with Gasteiger partial charge in [0.25, 0.3) is 0 Å². The molecule has 3 rings (SSSR count). The molecule has 0 spiro atoms. The number of imidazole rings is 1. The number of carbonyl (C=O) groups excluding carboxylic acids is 1. The molecule has 2 aromatic rings. The highest BCUT2D eigenvalue weighted by Gasteiger charge is 2.23. The second-order valence-electron chi connectivity index (χ2n) is 7.08. The number of nitrogens with two attached hydrogens (primary N) is 1. The Bertz CT molecular complexity index is 803. The molecule has 164 valence electrons. The first kappa shape index (κ1) is 24.0. The zero-order chi connectivity index (χ0) is 20.5. The molecule has 0 unspecified atom stereocenters. The number of benzene rings is 1. The maximum absolute atomic E-state index is 11.8. The number of guanidine groups is 1. The number of ether oxygens (including phenoxy) is 1. The van der Waals surface area contributed by atoms with E-state index < -0.39 is 0 Å². The molecule has 0 bridgehead atoms. The van der Waals surface area contributed by atoms with E-state index in [9.17, 15) is 4.79 Å². The van der Waals surface area contributed by atoms with Crippen molar-refractivity contribution < 1.29 is 9.53 Å². The van der Waals surface area contributed by atoms with Gasteiger partial charge in [-0.1, -0.05) is 30.3 Å². The van der Waals surface area contributed by atoms with Crippen LogP contribution >= 0.6 is 24.0 Å². The van der Waals surface area contributed by atoms with Crippen LogP contribution in [0.4, 0.5) is 4.79 Å². The largest absolute Gasteiger partial charge is 0.450 e. The van der Waals surface area contributed by atoms with Crippen LogP contribution in [0.2, 0.25) is 0 Å². The maximum atomic E-state index is 11.8. The summed E-state index contributed by atoms with van der Waals surface area (Å²) in [5, 5.41) is 3.27. The molecular weight excluding hydrogens is 495 g/mol. The van der Waals surface area contributed by atoms with Gasteiger partial charge >= 0.3 is 6.09 Å². The summed E-state index contributed by atoms with van der Waals surface area (Å²) in [5.41, 5.74) is 7.30. The number of rotatable bonds is 7. The minimum Gasteiger partial charge on any atom is -0.450 e. The second-order valence-corrected chi connectivity index (χ2v) is 7.08. The minimum absolute atomic E-state index is 0. The fourth-order valence-electron chi connectivity index (χ4n) is 3.44. The maximum Gasteiger partial charge on any atom is 0.409 e. The first-order valence-electron chi connectivity index (χ1n) is 10.2. The van der Waals surface area contributed by atoms with Crippen molar-refractivity contribution in [2.75, 3.05) is 26.2 Å². The number of carbonyl (C=O) groups is 1. The van der Waals surface area contributed by atoms with Crippen molar-refractivity contribution in [3.05, 3.63) is 54.1 Å². The van der Waals surface area contributed by atoms with Gasteiger partial charge < -0.3 is 25.3 Å². The number of hydrogen-bond acceptors (Lipinski definition) is 4. The molecule has 1 aliphatic rings. The highest BCUT2D eigenvalue weighted by molar-refractivity contribution is 14.0. The van der Waals surface area contributed by atoms with E-state index in [-0.39, 0.29) is 36.1 Å². The van der Waals surface area contributed by atoms with Gasteiger partial charge in [-0.25, -0.2) is 9.78 Å². The number of likely N-dealkylation sites (tertiary alicyclic amines) is 1. The number of aromatic nitrogens is 2. The Labute approximate surface area is 194 Å². The first-order chi connectivity index (χ1) is 14.2. The Hall–Kier alpha value is -2.30. The van der Waals surface area contributed by atoms with E-state index in [1.54, 1.807) is 4.90 Å². The van der Waals surface area contributed by atoms with Gasteiger partial charge in [0.1, 0.15) is 5.82 Å². The summed E-state index contributed by atoms with van der Waals surface area (Å²) in [5.74, 6) is 1.44. The molecule has 0 radical (unpaired) electrons. The highest BCUT2D eigenvalue weighted by Crippen LogP contribution is 2.11. The Balaban J connectivity index is 0.00000320. The molecule has 0 aliphatic carbocycles. The predicted molar refractivity (Wildman–Crippen MR) is 128 cm³/mol. The van der Waals surface area contributed by atoms with Crippen molar-refractivity contribution in [1.82, 2.24) is 19.8 Å². The zero-order valence-corrected chi connectivity index (χ0v) is 19.7. The smallest absolute Gasteiger partial charge is 0.409 e. The van der Waals surface area contributed by atoms with Crippen molar-refractivity contribution in [3.8, 4) is 0 Å². The molecule has 0 atom stereocenters. The van der Waals surface area contributed by atoms with Gasteiger partial charge in [0.2, 0.25) is 0 Å². The molecule has 9 heteroatoms. The molecule has 1 aromatic carbocycles. The van der Waals surface area contributed by atoms with E-state index in [1.807, 2.05) is 37.5 Å². The van der Waals surface area contributed by atoms with E-state index in [4.69, 9.17) is 10.5 Å². The van der Waals surface area contributed by atoms with Crippen LogP contribution in [0.5, 0.6) is 0 Å².